The highest BCUT2D eigenvalue weighted by Gasteiger charge is 2.13. The van der Waals surface area contributed by atoms with E-state index < -0.39 is 0 Å². The van der Waals surface area contributed by atoms with Crippen LogP contribution < -0.4 is 5.73 Å². The van der Waals surface area contributed by atoms with Gasteiger partial charge < -0.3 is 5.73 Å². The lowest BCUT2D eigenvalue weighted by Gasteiger charge is -2.19. The van der Waals surface area contributed by atoms with Crippen molar-refractivity contribution in [1.29, 1.82) is 0 Å². The first kappa shape index (κ1) is 29.5. The largest absolute Gasteiger partial charge is 0.324 e. The molecule has 1 nitrogen and oxygen atoms in total. The summed E-state index contributed by atoms with van der Waals surface area (Å²) in [5.41, 5.74) is 11.1. The molecule has 0 saturated carbocycles. The van der Waals surface area contributed by atoms with Crippen molar-refractivity contribution in [1.82, 2.24) is 0 Å². The molecule has 176 valence electrons. The van der Waals surface area contributed by atoms with E-state index in [9.17, 15) is 0 Å². The topological polar surface area (TPSA) is 26.0 Å². The predicted octanol–water partition coefficient (Wildman–Crippen LogP) is 9.49. The fourth-order valence-electron chi connectivity index (χ4n) is 4.60. The lowest BCUT2D eigenvalue weighted by atomic mass is 9.89. The van der Waals surface area contributed by atoms with Gasteiger partial charge in [-0.15, -0.1) is 12.4 Å². The molecular formula is C28H52ClN. The first-order valence-corrected chi connectivity index (χ1v) is 13.1. The molecule has 1 aromatic rings. The molecule has 0 aliphatic heterocycles. The normalized spacial score (nSPS) is 12.0. The Kier molecular flexibility index (Phi) is 20.0. The van der Waals surface area contributed by atoms with Crippen LogP contribution in [0.5, 0.6) is 0 Å². The van der Waals surface area contributed by atoms with Gasteiger partial charge in [-0.25, -0.2) is 0 Å². The van der Waals surface area contributed by atoms with Crippen LogP contribution in [0.25, 0.3) is 0 Å². The Morgan fingerprint density at radius 3 is 1.63 bits per heavy atom. The van der Waals surface area contributed by atoms with Crippen molar-refractivity contribution in [2.24, 2.45) is 5.73 Å². The Balaban J connectivity index is 0.00000841. The lowest BCUT2D eigenvalue weighted by Crippen LogP contribution is -2.14. The van der Waals surface area contributed by atoms with E-state index >= 15 is 0 Å². The molecule has 0 heterocycles. The molecule has 0 amide bonds. The van der Waals surface area contributed by atoms with Gasteiger partial charge in [-0.1, -0.05) is 135 Å². The van der Waals surface area contributed by atoms with Gasteiger partial charge in [0.2, 0.25) is 0 Å². The molecule has 0 radical (unpaired) electrons. The highest BCUT2D eigenvalue weighted by atomic mass is 35.5. The number of hydrogen-bond donors (Lipinski definition) is 1. The molecule has 1 atom stereocenters. The molecule has 0 bridgehead atoms. The summed E-state index contributed by atoms with van der Waals surface area (Å²) >= 11 is 0. The van der Waals surface area contributed by atoms with Gasteiger partial charge in [0.15, 0.2) is 0 Å². The summed E-state index contributed by atoms with van der Waals surface area (Å²) in [5, 5.41) is 0. The first-order valence-electron chi connectivity index (χ1n) is 13.1. The number of halogens is 1. The lowest BCUT2D eigenvalue weighted by molar-refractivity contribution is 0.521. The monoisotopic (exact) mass is 437 g/mol. The Morgan fingerprint density at radius 1 is 0.633 bits per heavy atom. The fraction of sp³-hybridized carbons (Fsp3) is 0.786. The molecule has 0 spiro atoms. The van der Waals surface area contributed by atoms with Crippen molar-refractivity contribution in [3.8, 4) is 0 Å². The zero-order valence-corrected chi connectivity index (χ0v) is 21.3. The van der Waals surface area contributed by atoms with Crippen LogP contribution in [0.4, 0.5) is 0 Å². The molecular weight excluding hydrogens is 386 g/mol. The van der Waals surface area contributed by atoms with Crippen LogP contribution in [0.1, 0.15) is 146 Å². The smallest absolute Gasteiger partial charge is 0.0297 e. The van der Waals surface area contributed by atoms with Gasteiger partial charge in [0.25, 0.3) is 0 Å². The molecule has 0 aliphatic carbocycles. The quantitative estimate of drug-likeness (QED) is 0.214. The van der Waals surface area contributed by atoms with E-state index in [1.165, 1.54) is 120 Å². The molecule has 0 aliphatic rings. The van der Waals surface area contributed by atoms with Crippen molar-refractivity contribution in [3.05, 3.63) is 34.9 Å². The Hall–Kier alpha value is -0.530. The second-order valence-electron chi connectivity index (χ2n) is 9.12. The fourth-order valence-corrected chi connectivity index (χ4v) is 4.60. The number of rotatable bonds is 19. The summed E-state index contributed by atoms with van der Waals surface area (Å²) < 4.78 is 0. The van der Waals surface area contributed by atoms with E-state index in [1.807, 2.05) is 0 Å². The van der Waals surface area contributed by atoms with E-state index in [4.69, 9.17) is 5.73 Å². The van der Waals surface area contributed by atoms with E-state index in [0.29, 0.717) is 0 Å². The summed E-state index contributed by atoms with van der Waals surface area (Å²) in [6.07, 6.45) is 24.3. The van der Waals surface area contributed by atoms with Crippen molar-refractivity contribution >= 4 is 12.4 Å². The molecule has 0 aromatic heterocycles. The maximum Gasteiger partial charge on any atom is 0.0297 e. The first-order chi connectivity index (χ1) is 14.2. The second-order valence-corrected chi connectivity index (χ2v) is 9.12. The summed E-state index contributed by atoms with van der Waals surface area (Å²) in [4.78, 5) is 0. The Bertz CT molecular complexity index is 499. The maximum atomic E-state index is 6.63. The number of aryl methyl sites for hydroxylation is 1. The van der Waals surface area contributed by atoms with Crippen LogP contribution in [0.15, 0.2) is 18.2 Å². The maximum absolute atomic E-state index is 6.63. The van der Waals surface area contributed by atoms with Crippen LogP contribution in [-0.4, -0.2) is 0 Å². The highest BCUT2D eigenvalue weighted by molar-refractivity contribution is 5.85. The Morgan fingerprint density at radius 2 is 1.13 bits per heavy atom. The SMILES string of the molecule is CCCCCCCCCCCCCCCC(N)c1cccc(CCC)c1CCC.Cl. The van der Waals surface area contributed by atoms with Crippen LogP contribution in [-0.2, 0) is 12.8 Å². The third-order valence-electron chi connectivity index (χ3n) is 6.35. The van der Waals surface area contributed by atoms with Crippen LogP contribution in [0.3, 0.4) is 0 Å². The van der Waals surface area contributed by atoms with Gasteiger partial charge in [0.05, 0.1) is 0 Å². The van der Waals surface area contributed by atoms with Gasteiger partial charge in [-0.3, -0.25) is 0 Å². The molecule has 1 unspecified atom stereocenters. The zero-order chi connectivity index (χ0) is 21.2. The molecule has 1 aromatic carbocycles. The van der Waals surface area contributed by atoms with E-state index in [-0.39, 0.29) is 18.4 Å². The average Bonchev–Trinajstić information content (AvgIpc) is 2.73. The van der Waals surface area contributed by atoms with Gasteiger partial charge in [-0.05, 0) is 36.0 Å². The molecule has 0 saturated heterocycles. The third-order valence-corrected chi connectivity index (χ3v) is 6.35. The molecule has 0 fully saturated rings. The number of hydrogen-bond acceptors (Lipinski definition) is 1. The number of nitrogens with two attached hydrogens (primary N) is 1. The number of unbranched alkanes of at least 4 members (excludes halogenated alkanes) is 12. The summed E-state index contributed by atoms with van der Waals surface area (Å²) in [7, 11) is 0. The van der Waals surface area contributed by atoms with Gasteiger partial charge in [-0.2, -0.15) is 0 Å². The third kappa shape index (κ3) is 13.0. The van der Waals surface area contributed by atoms with Crippen molar-refractivity contribution in [2.75, 3.05) is 0 Å². The molecule has 2 heteroatoms. The van der Waals surface area contributed by atoms with Crippen molar-refractivity contribution < 1.29 is 0 Å². The minimum Gasteiger partial charge on any atom is -0.324 e. The molecule has 1 rings (SSSR count). The van der Waals surface area contributed by atoms with Crippen LogP contribution in [0.2, 0.25) is 0 Å². The second kappa shape index (κ2) is 20.4. The minimum atomic E-state index is 0. The highest BCUT2D eigenvalue weighted by Crippen LogP contribution is 2.26. The predicted molar refractivity (Wildman–Crippen MR) is 139 cm³/mol. The number of benzene rings is 1. The van der Waals surface area contributed by atoms with Gasteiger partial charge >= 0.3 is 0 Å². The van der Waals surface area contributed by atoms with E-state index in [0.717, 1.165) is 6.42 Å². The average molecular weight is 438 g/mol. The van der Waals surface area contributed by atoms with Crippen molar-refractivity contribution in [3.63, 3.8) is 0 Å². The standard InChI is InChI=1S/C28H51N.ClH/c1-4-7-8-9-10-11-12-13-14-15-16-17-18-24-28(29)27-23-19-22-25(20-5-2)26(27)21-6-3;/h19,22-23,28H,4-18,20-21,24,29H2,1-3H3;1H. The van der Waals surface area contributed by atoms with Crippen LogP contribution in [0, 0.1) is 0 Å². The van der Waals surface area contributed by atoms with Gasteiger partial charge in [0.1, 0.15) is 0 Å². The zero-order valence-electron chi connectivity index (χ0n) is 20.5. The molecule has 30 heavy (non-hydrogen) atoms. The summed E-state index contributed by atoms with van der Waals surface area (Å²) in [6.45, 7) is 6.85. The summed E-state index contributed by atoms with van der Waals surface area (Å²) in [5.74, 6) is 0. The summed E-state index contributed by atoms with van der Waals surface area (Å²) in [6, 6.07) is 7.05. The van der Waals surface area contributed by atoms with Gasteiger partial charge in [0, 0.05) is 6.04 Å². The van der Waals surface area contributed by atoms with E-state index in [2.05, 4.69) is 39.0 Å². The molecule has 2 N–H and O–H groups in total. The minimum absolute atomic E-state index is 0. The van der Waals surface area contributed by atoms with Crippen molar-refractivity contribution in [2.45, 2.75) is 142 Å². The van der Waals surface area contributed by atoms with E-state index in [1.54, 1.807) is 5.56 Å². The van der Waals surface area contributed by atoms with Crippen LogP contribution >= 0.6 is 12.4 Å². The Labute approximate surface area is 195 Å².